The van der Waals surface area contributed by atoms with Crippen molar-refractivity contribution in [2.24, 2.45) is 0 Å². The summed E-state index contributed by atoms with van der Waals surface area (Å²) in [5.41, 5.74) is 2.30. The summed E-state index contributed by atoms with van der Waals surface area (Å²) in [7, 11) is 4.59. The SMILES string of the molecule is COc1cc(C2c3c(ccn([O-])c3=S)C2C#N)cc(OC)c1OC. The number of hydrogen-bond donors (Lipinski definition) is 0. The van der Waals surface area contributed by atoms with Crippen LogP contribution in [0, 0.1) is 21.2 Å². The van der Waals surface area contributed by atoms with Crippen LogP contribution in [0.25, 0.3) is 0 Å². The first-order valence-electron chi connectivity index (χ1n) is 7.19. The molecule has 1 aromatic heterocycles. The van der Waals surface area contributed by atoms with Crippen LogP contribution in [-0.2, 0) is 0 Å². The quantitative estimate of drug-likeness (QED) is 0.792. The van der Waals surface area contributed by atoms with Gasteiger partial charge >= 0.3 is 0 Å². The predicted octanol–water partition coefficient (Wildman–Crippen LogP) is 3.34. The molecule has 0 saturated heterocycles. The highest BCUT2D eigenvalue weighted by Crippen LogP contribution is 2.53. The third-order valence-electron chi connectivity index (χ3n) is 4.30. The number of pyridine rings is 1. The first kappa shape index (κ1) is 16.1. The fourth-order valence-corrected chi connectivity index (χ4v) is 3.47. The van der Waals surface area contributed by atoms with E-state index < -0.39 is 0 Å². The molecule has 0 aliphatic heterocycles. The molecule has 1 aliphatic rings. The largest absolute Gasteiger partial charge is 0.805 e. The first-order valence-corrected chi connectivity index (χ1v) is 7.60. The van der Waals surface area contributed by atoms with E-state index in [9.17, 15) is 10.5 Å². The Bertz CT molecular complexity index is 875. The van der Waals surface area contributed by atoms with Gasteiger partial charge in [0.25, 0.3) is 0 Å². The molecular weight excluding hydrogens is 328 g/mol. The number of methoxy groups -OCH3 is 3. The van der Waals surface area contributed by atoms with E-state index in [1.165, 1.54) is 27.5 Å². The number of nitrogens with zero attached hydrogens (tertiary/aromatic N) is 2. The molecule has 124 valence electrons. The summed E-state index contributed by atoms with van der Waals surface area (Å²) >= 11 is 5.24. The van der Waals surface area contributed by atoms with Crippen molar-refractivity contribution in [1.82, 2.24) is 4.73 Å². The van der Waals surface area contributed by atoms with Crippen molar-refractivity contribution in [1.29, 1.82) is 5.26 Å². The molecule has 2 unspecified atom stereocenters. The van der Waals surface area contributed by atoms with Gasteiger partial charge in [-0.05, 0) is 35.5 Å². The molecule has 7 heteroatoms. The fourth-order valence-electron chi connectivity index (χ4n) is 3.17. The minimum atomic E-state index is -0.370. The molecule has 0 fully saturated rings. The van der Waals surface area contributed by atoms with Crippen molar-refractivity contribution in [3.63, 3.8) is 0 Å². The van der Waals surface area contributed by atoms with E-state index in [1.54, 1.807) is 18.2 Å². The lowest BCUT2D eigenvalue weighted by atomic mass is 9.66. The molecule has 0 amide bonds. The number of fused-ring (bicyclic) bond motifs is 1. The molecule has 6 nitrogen and oxygen atoms in total. The number of nitriles is 1. The number of rotatable bonds is 4. The van der Waals surface area contributed by atoms with Crippen LogP contribution in [0.15, 0.2) is 24.4 Å². The zero-order chi connectivity index (χ0) is 17.4. The maximum Gasteiger partial charge on any atom is 0.203 e. The second kappa shape index (κ2) is 6.06. The van der Waals surface area contributed by atoms with Gasteiger partial charge in [0.1, 0.15) is 4.64 Å². The Labute approximate surface area is 144 Å². The molecule has 0 saturated carbocycles. The molecule has 1 aromatic carbocycles. The van der Waals surface area contributed by atoms with E-state index in [2.05, 4.69) is 6.07 Å². The molecule has 1 aliphatic carbocycles. The maximum atomic E-state index is 11.8. The van der Waals surface area contributed by atoms with Crippen molar-refractivity contribution in [2.75, 3.05) is 21.3 Å². The van der Waals surface area contributed by atoms with E-state index in [0.717, 1.165) is 11.1 Å². The first-order chi connectivity index (χ1) is 11.6. The Morgan fingerprint density at radius 2 is 1.79 bits per heavy atom. The van der Waals surface area contributed by atoms with Crippen molar-refractivity contribution >= 4 is 12.2 Å². The van der Waals surface area contributed by atoms with Gasteiger partial charge in [-0.25, -0.2) is 0 Å². The summed E-state index contributed by atoms with van der Waals surface area (Å²) in [5.74, 6) is 0.795. The zero-order valence-corrected chi connectivity index (χ0v) is 14.2. The monoisotopic (exact) mass is 343 g/mol. The van der Waals surface area contributed by atoms with Crippen LogP contribution < -0.4 is 14.2 Å². The second-order valence-electron chi connectivity index (χ2n) is 5.36. The molecule has 0 spiro atoms. The highest BCUT2D eigenvalue weighted by Gasteiger charge is 2.41. The van der Waals surface area contributed by atoms with Crippen LogP contribution in [0.4, 0.5) is 0 Å². The topological polar surface area (TPSA) is 79.5 Å². The standard InChI is InChI=1S/C17H15N2O4S/c1-21-12-6-9(7-13(22-2)16(12)23-3)14-11(8-18)10-4-5-19(20)17(24)15(10)14/h4-7,11,14H,1-3H3/q-1. The lowest BCUT2D eigenvalue weighted by Gasteiger charge is -2.37. The van der Waals surface area contributed by atoms with Crippen molar-refractivity contribution in [3.05, 3.63) is 50.9 Å². The highest BCUT2D eigenvalue weighted by atomic mass is 32.1. The number of ether oxygens (including phenoxy) is 3. The van der Waals surface area contributed by atoms with E-state index >= 15 is 0 Å². The number of aromatic nitrogens is 1. The Kier molecular flexibility index (Phi) is 4.08. The third-order valence-corrected chi connectivity index (χ3v) is 4.70. The van der Waals surface area contributed by atoms with Gasteiger partial charge in [0.05, 0.1) is 33.3 Å². The van der Waals surface area contributed by atoms with Crippen molar-refractivity contribution in [3.8, 4) is 23.3 Å². The Morgan fingerprint density at radius 1 is 1.17 bits per heavy atom. The fraction of sp³-hybridized carbons (Fsp3) is 0.294. The van der Waals surface area contributed by atoms with Gasteiger partial charge in [0.2, 0.25) is 5.75 Å². The summed E-state index contributed by atoms with van der Waals surface area (Å²) in [6.45, 7) is 0. The van der Waals surface area contributed by atoms with Gasteiger partial charge in [-0.1, -0.05) is 12.2 Å². The molecule has 0 radical (unpaired) electrons. The van der Waals surface area contributed by atoms with E-state index in [4.69, 9.17) is 26.4 Å². The van der Waals surface area contributed by atoms with Gasteiger partial charge in [-0.15, -0.1) is 0 Å². The maximum absolute atomic E-state index is 11.8. The minimum Gasteiger partial charge on any atom is -0.805 e. The van der Waals surface area contributed by atoms with Crippen molar-refractivity contribution in [2.45, 2.75) is 11.8 Å². The minimum absolute atomic E-state index is 0.192. The molecule has 3 rings (SSSR count). The summed E-state index contributed by atoms with van der Waals surface area (Å²) in [5, 5.41) is 21.3. The van der Waals surface area contributed by atoms with Crippen LogP contribution in [0.5, 0.6) is 17.2 Å². The molecule has 2 atom stereocenters. The van der Waals surface area contributed by atoms with Crippen LogP contribution in [0.1, 0.15) is 28.5 Å². The summed E-state index contributed by atoms with van der Waals surface area (Å²) in [6, 6.07) is 7.52. The van der Waals surface area contributed by atoms with Crippen molar-refractivity contribution < 1.29 is 14.2 Å². The average molecular weight is 343 g/mol. The van der Waals surface area contributed by atoms with Gasteiger partial charge in [0, 0.05) is 11.5 Å². The number of benzene rings is 1. The molecular formula is C17H15N2O4S-. The lowest BCUT2D eigenvalue weighted by Crippen LogP contribution is -2.26. The summed E-state index contributed by atoms with van der Waals surface area (Å²) in [4.78, 5) is 0. The number of hydrogen-bond acceptors (Lipinski definition) is 6. The second-order valence-corrected chi connectivity index (χ2v) is 5.75. The molecule has 1 heterocycles. The average Bonchev–Trinajstić information content (AvgIpc) is 2.58. The molecule has 2 aromatic rings. The van der Waals surface area contributed by atoms with Crippen LogP contribution >= 0.6 is 12.2 Å². The zero-order valence-electron chi connectivity index (χ0n) is 13.4. The van der Waals surface area contributed by atoms with E-state index in [0.29, 0.717) is 27.5 Å². The third kappa shape index (κ3) is 2.19. The Morgan fingerprint density at radius 3 is 2.29 bits per heavy atom. The van der Waals surface area contributed by atoms with Gasteiger partial charge in [0.15, 0.2) is 11.5 Å². The lowest BCUT2D eigenvalue weighted by molar-refractivity contribution is 0.323. The Hall–Kier alpha value is -2.72. The van der Waals surface area contributed by atoms with Gasteiger partial charge < -0.3 is 24.1 Å². The predicted molar refractivity (Wildman–Crippen MR) is 90.3 cm³/mol. The summed E-state index contributed by atoms with van der Waals surface area (Å²) in [6.07, 6.45) is 1.34. The van der Waals surface area contributed by atoms with Crippen LogP contribution in [0.3, 0.4) is 0 Å². The molecule has 24 heavy (non-hydrogen) atoms. The Balaban J connectivity index is 2.20. The molecule has 0 N–H and O–H groups in total. The summed E-state index contributed by atoms with van der Waals surface area (Å²) < 4.78 is 16.9. The normalized spacial score (nSPS) is 18.1. The van der Waals surface area contributed by atoms with E-state index in [1.807, 2.05) is 0 Å². The van der Waals surface area contributed by atoms with E-state index in [-0.39, 0.29) is 16.5 Å². The van der Waals surface area contributed by atoms with Gasteiger partial charge in [-0.3, -0.25) is 0 Å². The smallest absolute Gasteiger partial charge is 0.203 e. The van der Waals surface area contributed by atoms with Crippen LogP contribution in [0.2, 0.25) is 0 Å². The van der Waals surface area contributed by atoms with Gasteiger partial charge in [-0.2, -0.15) is 5.26 Å². The van der Waals surface area contributed by atoms with Crippen LogP contribution in [-0.4, -0.2) is 26.1 Å². The highest BCUT2D eigenvalue weighted by molar-refractivity contribution is 7.71. The molecule has 0 bridgehead atoms.